The molecule has 1 aromatic carbocycles. The Labute approximate surface area is 140 Å². The second-order valence-corrected chi connectivity index (χ2v) is 6.35. The van der Waals surface area contributed by atoms with E-state index in [-0.39, 0.29) is 11.9 Å². The quantitative estimate of drug-likeness (QED) is 0.736. The van der Waals surface area contributed by atoms with Crippen molar-refractivity contribution in [3.63, 3.8) is 0 Å². The molecule has 128 valence electrons. The number of nitrogens with one attached hydrogen (secondary N) is 2. The zero-order valence-electron chi connectivity index (χ0n) is 14.6. The first kappa shape index (κ1) is 18.0. The molecule has 1 amide bonds. The Hall–Kier alpha value is -1.39. The normalized spacial score (nSPS) is 19.0. The van der Waals surface area contributed by atoms with Crippen molar-refractivity contribution in [3.05, 3.63) is 35.9 Å². The monoisotopic (exact) mass is 317 g/mol. The number of hydrogen-bond donors (Lipinski definition) is 2. The van der Waals surface area contributed by atoms with Gasteiger partial charge in [-0.05, 0) is 50.5 Å². The third kappa shape index (κ3) is 5.63. The van der Waals surface area contributed by atoms with Crippen LogP contribution in [0.2, 0.25) is 0 Å². The van der Waals surface area contributed by atoms with Crippen LogP contribution in [-0.4, -0.2) is 43.5 Å². The molecule has 1 aliphatic rings. The first-order chi connectivity index (χ1) is 11.2. The first-order valence-corrected chi connectivity index (χ1v) is 9.01. The maximum absolute atomic E-state index is 12.2. The molecule has 0 spiro atoms. The molecule has 1 aliphatic heterocycles. The van der Waals surface area contributed by atoms with Crippen molar-refractivity contribution >= 4 is 5.91 Å². The van der Waals surface area contributed by atoms with Crippen LogP contribution in [0.4, 0.5) is 0 Å². The van der Waals surface area contributed by atoms with Gasteiger partial charge in [-0.3, -0.25) is 9.69 Å². The second kappa shape index (κ2) is 9.68. The predicted octanol–water partition coefficient (Wildman–Crippen LogP) is 2.58. The average Bonchev–Trinajstić information content (AvgIpc) is 3.11. The lowest BCUT2D eigenvalue weighted by Crippen LogP contribution is -2.38. The van der Waals surface area contributed by atoms with E-state index in [1.165, 1.54) is 12.0 Å². The molecule has 0 bridgehead atoms. The molecule has 1 fully saturated rings. The van der Waals surface area contributed by atoms with Crippen LogP contribution >= 0.6 is 0 Å². The lowest BCUT2D eigenvalue weighted by atomic mass is 10.0. The SMILES string of the molecule is CCN(CC)C(CNC(=O)CCC1CCNC1)c1ccccc1. The number of nitrogens with zero attached hydrogens (tertiary/aromatic N) is 1. The summed E-state index contributed by atoms with van der Waals surface area (Å²) in [6.07, 6.45) is 2.85. The van der Waals surface area contributed by atoms with E-state index < -0.39 is 0 Å². The van der Waals surface area contributed by atoms with Crippen molar-refractivity contribution in [1.82, 2.24) is 15.5 Å². The minimum atomic E-state index is 0.185. The summed E-state index contributed by atoms with van der Waals surface area (Å²) in [6.45, 7) is 9.18. The van der Waals surface area contributed by atoms with E-state index in [9.17, 15) is 4.79 Å². The number of carbonyl (C=O) groups excluding carboxylic acids is 1. The third-order valence-corrected chi connectivity index (χ3v) is 4.87. The second-order valence-electron chi connectivity index (χ2n) is 6.35. The molecule has 1 heterocycles. The van der Waals surface area contributed by atoms with Crippen LogP contribution in [0.25, 0.3) is 0 Å². The highest BCUT2D eigenvalue weighted by Crippen LogP contribution is 2.20. The lowest BCUT2D eigenvalue weighted by Gasteiger charge is -2.30. The van der Waals surface area contributed by atoms with Crippen molar-refractivity contribution in [2.24, 2.45) is 5.92 Å². The topological polar surface area (TPSA) is 44.4 Å². The first-order valence-electron chi connectivity index (χ1n) is 9.01. The van der Waals surface area contributed by atoms with Crippen LogP contribution in [0.5, 0.6) is 0 Å². The molecule has 2 atom stereocenters. The van der Waals surface area contributed by atoms with E-state index >= 15 is 0 Å². The van der Waals surface area contributed by atoms with Gasteiger partial charge in [0.1, 0.15) is 0 Å². The van der Waals surface area contributed by atoms with Gasteiger partial charge < -0.3 is 10.6 Å². The summed E-state index contributed by atoms with van der Waals surface area (Å²) in [6, 6.07) is 10.7. The molecule has 23 heavy (non-hydrogen) atoms. The number of rotatable bonds is 9. The summed E-state index contributed by atoms with van der Waals surface area (Å²) in [5, 5.41) is 6.51. The minimum Gasteiger partial charge on any atom is -0.354 e. The maximum Gasteiger partial charge on any atom is 0.220 e. The van der Waals surface area contributed by atoms with E-state index in [4.69, 9.17) is 0 Å². The van der Waals surface area contributed by atoms with Crippen LogP contribution in [0.1, 0.15) is 44.7 Å². The summed E-state index contributed by atoms with van der Waals surface area (Å²) in [5.41, 5.74) is 1.27. The van der Waals surface area contributed by atoms with Gasteiger partial charge in [0.25, 0.3) is 0 Å². The largest absolute Gasteiger partial charge is 0.354 e. The molecule has 2 rings (SSSR count). The molecule has 0 aliphatic carbocycles. The zero-order chi connectivity index (χ0) is 16.5. The fourth-order valence-electron chi connectivity index (χ4n) is 3.39. The van der Waals surface area contributed by atoms with Gasteiger partial charge in [0.15, 0.2) is 0 Å². The van der Waals surface area contributed by atoms with E-state index in [1.807, 2.05) is 6.07 Å². The van der Waals surface area contributed by atoms with Crippen molar-refractivity contribution in [2.75, 3.05) is 32.7 Å². The number of hydrogen-bond acceptors (Lipinski definition) is 3. The molecular formula is C19H31N3O. The van der Waals surface area contributed by atoms with Crippen molar-refractivity contribution in [3.8, 4) is 0 Å². The minimum absolute atomic E-state index is 0.185. The molecule has 0 radical (unpaired) electrons. The number of amides is 1. The van der Waals surface area contributed by atoms with Crippen LogP contribution in [0.3, 0.4) is 0 Å². The van der Waals surface area contributed by atoms with Gasteiger partial charge in [0.2, 0.25) is 5.91 Å². The summed E-state index contributed by atoms with van der Waals surface area (Å²) in [4.78, 5) is 14.6. The summed E-state index contributed by atoms with van der Waals surface area (Å²) in [7, 11) is 0. The standard InChI is InChI=1S/C19H31N3O/c1-3-22(4-2)18(17-8-6-5-7-9-17)15-21-19(23)11-10-16-12-13-20-14-16/h5-9,16,18,20H,3-4,10-15H2,1-2H3,(H,21,23). The number of carbonyl (C=O) groups is 1. The van der Waals surface area contributed by atoms with Gasteiger partial charge >= 0.3 is 0 Å². The van der Waals surface area contributed by atoms with E-state index in [1.54, 1.807) is 0 Å². The van der Waals surface area contributed by atoms with Gasteiger partial charge in [-0.1, -0.05) is 44.2 Å². The molecule has 1 saturated heterocycles. The van der Waals surface area contributed by atoms with Crippen LogP contribution in [-0.2, 0) is 4.79 Å². The van der Waals surface area contributed by atoms with Crippen LogP contribution in [0.15, 0.2) is 30.3 Å². The Morgan fingerprint density at radius 2 is 2.04 bits per heavy atom. The highest BCUT2D eigenvalue weighted by molar-refractivity contribution is 5.75. The Balaban J connectivity index is 1.86. The average molecular weight is 317 g/mol. The number of likely N-dealkylation sites (N-methyl/N-ethyl adjacent to an activating group) is 1. The Morgan fingerprint density at radius 1 is 1.30 bits per heavy atom. The zero-order valence-corrected chi connectivity index (χ0v) is 14.6. The Kier molecular flexibility index (Phi) is 7.56. The molecular weight excluding hydrogens is 286 g/mol. The number of benzene rings is 1. The molecule has 2 unspecified atom stereocenters. The fourth-order valence-corrected chi connectivity index (χ4v) is 3.39. The Morgan fingerprint density at radius 3 is 2.65 bits per heavy atom. The summed E-state index contributed by atoms with van der Waals surface area (Å²) >= 11 is 0. The molecule has 0 saturated carbocycles. The van der Waals surface area contributed by atoms with Crippen molar-refractivity contribution in [1.29, 1.82) is 0 Å². The molecule has 1 aromatic rings. The molecule has 4 nitrogen and oxygen atoms in total. The molecule has 2 N–H and O–H groups in total. The van der Waals surface area contributed by atoms with Gasteiger partial charge in [0, 0.05) is 13.0 Å². The maximum atomic E-state index is 12.2. The van der Waals surface area contributed by atoms with E-state index in [2.05, 4.69) is 53.6 Å². The van der Waals surface area contributed by atoms with Crippen molar-refractivity contribution < 1.29 is 4.79 Å². The van der Waals surface area contributed by atoms with Gasteiger partial charge in [0.05, 0.1) is 6.04 Å². The third-order valence-electron chi connectivity index (χ3n) is 4.87. The summed E-state index contributed by atoms with van der Waals surface area (Å²) in [5.74, 6) is 0.860. The predicted molar refractivity (Wildman–Crippen MR) is 95.3 cm³/mol. The fraction of sp³-hybridized carbons (Fsp3) is 0.632. The summed E-state index contributed by atoms with van der Waals surface area (Å²) < 4.78 is 0. The van der Waals surface area contributed by atoms with Gasteiger partial charge in [-0.25, -0.2) is 0 Å². The smallest absolute Gasteiger partial charge is 0.220 e. The van der Waals surface area contributed by atoms with Crippen molar-refractivity contribution in [2.45, 2.75) is 39.2 Å². The van der Waals surface area contributed by atoms with E-state index in [0.29, 0.717) is 18.9 Å². The molecule has 4 heteroatoms. The Bertz CT molecular complexity index is 453. The van der Waals surface area contributed by atoms with Gasteiger partial charge in [-0.15, -0.1) is 0 Å². The highest BCUT2D eigenvalue weighted by Gasteiger charge is 2.19. The molecule has 0 aromatic heterocycles. The lowest BCUT2D eigenvalue weighted by molar-refractivity contribution is -0.121. The van der Waals surface area contributed by atoms with Crippen LogP contribution < -0.4 is 10.6 Å². The highest BCUT2D eigenvalue weighted by atomic mass is 16.1. The van der Waals surface area contributed by atoms with Crippen LogP contribution in [0, 0.1) is 5.92 Å². The van der Waals surface area contributed by atoms with Gasteiger partial charge in [-0.2, -0.15) is 0 Å². The van der Waals surface area contributed by atoms with E-state index in [0.717, 1.165) is 32.6 Å².